The zero-order valence-corrected chi connectivity index (χ0v) is 15.3. The monoisotopic (exact) mass is 363 g/mol. The Morgan fingerprint density at radius 2 is 2.04 bits per heavy atom. The van der Waals surface area contributed by atoms with Crippen LogP contribution in [-0.2, 0) is 9.53 Å². The predicted octanol–water partition coefficient (Wildman–Crippen LogP) is 2.97. The van der Waals surface area contributed by atoms with Crippen LogP contribution in [0.25, 0.3) is 0 Å². The number of likely N-dealkylation sites (tertiary alicyclic amines) is 1. The van der Waals surface area contributed by atoms with E-state index < -0.39 is 0 Å². The molecule has 0 bridgehead atoms. The Labute approximate surface area is 153 Å². The molecular formula is C19H25NO4S. The summed E-state index contributed by atoms with van der Waals surface area (Å²) in [7, 11) is 0. The predicted molar refractivity (Wildman–Crippen MR) is 96.5 cm³/mol. The van der Waals surface area contributed by atoms with Gasteiger partial charge in [-0.25, -0.2) is 0 Å². The Morgan fingerprint density at radius 1 is 1.16 bits per heavy atom. The van der Waals surface area contributed by atoms with Gasteiger partial charge in [-0.2, -0.15) is 0 Å². The summed E-state index contributed by atoms with van der Waals surface area (Å²) in [4.78, 5) is 15.8. The molecule has 1 aromatic rings. The highest BCUT2D eigenvalue weighted by Crippen LogP contribution is 2.38. The van der Waals surface area contributed by atoms with E-state index in [-0.39, 0.29) is 11.3 Å². The number of piperidine rings is 1. The number of thioether (sulfide) groups is 1. The highest BCUT2D eigenvalue weighted by atomic mass is 32.2. The highest BCUT2D eigenvalue weighted by molar-refractivity contribution is 7.99. The quantitative estimate of drug-likeness (QED) is 0.770. The molecule has 5 nitrogen and oxygen atoms in total. The molecule has 0 saturated carbocycles. The fourth-order valence-corrected chi connectivity index (χ4v) is 4.79. The summed E-state index contributed by atoms with van der Waals surface area (Å²) in [5, 5.41) is 0. The van der Waals surface area contributed by atoms with Crippen LogP contribution < -0.4 is 9.47 Å². The van der Waals surface area contributed by atoms with Crippen LogP contribution >= 0.6 is 11.8 Å². The molecule has 3 aliphatic rings. The first-order valence-electron chi connectivity index (χ1n) is 9.12. The molecule has 0 radical (unpaired) electrons. The number of fused-ring (bicyclic) bond motifs is 1. The highest BCUT2D eigenvalue weighted by Gasteiger charge is 2.39. The molecule has 2 fully saturated rings. The summed E-state index contributed by atoms with van der Waals surface area (Å²) < 4.78 is 16.7. The SMILES string of the molecule is O=C(CCSc1ccc2c(c1)OCCO2)N1CCCC2(CCOC2)C1. The summed E-state index contributed by atoms with van der Waals surface area (Å²) in [6.45, 7) is 4.65. The summed E-state index contributed by atoms with van der Waals surface area (Å²) in [5.41, 5.74) is 0.233. The number of nitrogens with zero attached hydrogens (tertiary/aromatic N) is 1. The maximum atomic E-state index is 12.6. The van der Waals surface area contributed by atoms with Crippen LogP contribution in [0.1, 0.15) is 25.7 Å². The lowest BCUT2D eigenvalue weighted by Gasteiger charge is -2.39. The van der Waals surface area contributed by atoms with E-state index >= 15 is 0 Å². The van der Waals surface area contributed by atoms with Crippen molar-refractivity contribution in [3.05, 3.63) is 18.2 Å². The van der Waals surface area contributed by atoms with Crippen LogP contribution in [0.2, 0.25) is 0 Å². The minimum absolute atomic E-state index is 0.233. The molecule has 1 amide bonds. The number of carbonyl (C=O) groups excluding carboxylic acids is 1. The van der Waals surface area contributed by atoms with Gasteiger partial charge in [-0.05, 0) is 37.5 Å². The van der Waals surface area contributed by atoms with Crippen molar-refractivity contribution in [3.8, 4) is 11.5 Å². The molecule has 4 rings (SSSR count). The number of amides is 1. The van der Waals surface area contributed by atoms with E-state index in [9.17, 15) is 4.79 Å². The van der Waals surface area contributed by atoms with Gasteiger partial charge in [-0.15, -0.1) is 11.8 Å². The van der Waals surface area contributed by atoms with Crippen molar-refractivity contribution in [1.82, 2.24) is 4.90 Å². The van der Waals surface area contributed by atoms with Gasteiger partial charge in [0, 0.05) is 42.2 Å². The second kappa shape index (κ2) is 7.46. The average Bonchev–Trinajstić information content (AvgIpc) is 3.09. The Bertz CT molecular complexity index is 630. The molecule has 3 aliphatic heterocycles. The first-order chi connectivity index (χ1) is 12.2. The molecule has 1 aromatic carbocycles. The summed E-state index contributed by atoms with van der Waals surface area (Å²) >= 11 is 1.70. The zero-order chi connectivity index (χ0) is 17.1. The summed E-state index contributed by atoms with van der Waals surface area (Å²) in [6, 6.07) is 6.00. The van der Waals surface area contributed by atoms with E-state index in [1.807, 2.05) is 18.2 Å². The van der Waals surface area contributed by atoms with Crippen LogP contribution in [0.3, 0.4) is 0 Å². The number of hydrogen-bond acceptors (Lipinski definition) is 5. The van der Waals surface area contributed by atoms with Crippen molar-refractivity contribution in [2.45, 2.75) is 30.6 Å². The standard InChI is InChI=1S/C19H25NO4S/c21-18(20-7-1-5-19(13-20)6-8-22-14-19)4-11-25-15-2-3-16-17(12-15)24-10-9-23-16/h2-3,12H,1,4-11,13-14H2. The van der Waals surface area contributed by atoms with Gasteiger partial charge in [-0.1, -0.05) is 0 Å². The zero-order valence-electron chi connectivity index (χ0n) is 14.5. The van der Waals surface area contributed by atoms with Gasteiger partial charge in [0.15, 0.2) is 11.5 Å². The molecule has 1 unspecified atom stereocenters. The maximum Gasteiger partial charge on any atom is 0.223 e. The third-order valence-electron chi connectivity index (χ3n) is 5.30. The average molecular weight is 363 g/mol. The third-order valence-corrected chi connectivity index (χ3v) is 6.29. The normalized spacial score (nSPS) is 25.4. The van der Waals surface area contributed by atoms with Gasteiger partial charge < -0.3 is 19.1 Å². The van der Waals surface area contributed by atoms with Crippen LogP contribution in [-0.4, -0.2) is 56.1 Å². The fourth-order valence-electron chi connectivity index (χ4n) is 3.92. The lowest BCUT2D eigenvalue weighted by Crippen LogP contribution is -2.46. The number of benzene rings is 1. The van der Waals surface area contributed by atoms with Gasteiger partial charge in [0.1, 0.15) is 13.2 Å². The van der Waals surface area contributed by atoms with Gasteiger partial charge >= 0.3 is 0 Å². The summed E-state index contributed by atoms with van der Waals surface area (Å²) in [6.07, 6.45) is 3.98. The third kappa shape index (κ3) is 3.90. The van der Waals surface area contributed by atoms with E-state index in [1.165, 1.54) is 6.42 Å². The smallest absolute Gasteiger partial charge is 0.223 e. The van der Waals surface area contributed by atoms with E-state index in [0.717, 1.165) is 61.3 Å². The van der Waals surface area contributed by atoms with E-state index in [0.29, 0.717) is 19.6 Å². The molecule has 0 aliphatic carbocycles. The Kier molecular flexibility index (Phi) is 5.08. The summed E-state index contributed by atoms with van der Waals surface area (Å²) in [5.74, 6) is 2.68. The van der Waals surface area contributed by atoms with Gasteiger partial charge in [-0.3, -0.25) is 4.79 Å². The van der Waals surface area contributed by atoms with Gasteiger partial charge in [0.05, 0.1) is 6.61 Å². The van der Waals surface area contributed by atoms with Crippen LogP contribution in [0, 0.1) is 5.41 Å². The van der Waals surface area contributed by atoms with Gasteiger partial charge in [0.25, 0.3) is 0 Å². The molecule has 0 N–H and O–H groups in total. The van der Waals surface area contributed by atoms with Crippen LogP contribution in [0.15, 0.2) is 23.1 Å². The lowest BCUT2D eigenvalue weighted by atomic mass is 9.79. The van der Waals surface area contributed by atoms with E-state index in [4.69, 9.17) is 14.2 Å². The number of rotatable bonds is 4. The van der Waals surface area contributed by atoms with Gasteiger partial charge in [0.2, 0.25) is 5.91 Å². The second-order valence-electron chi connectivity index (χ2n) is 7.13. The molecule has 3 heterocycles. The minimum atomic E-state index is 0.233. The number of hydrogen-bond donors (Lipinski definition) is 0. The Hall–Kier alpha value is -1.40. The van der Waals surface area contributed by atoms with Crippen molar-refractivity contribution < 1.29 is 19.0 Å². The first-order valence-corrected chi connectivity index (χ1v) is 10.1. The van der Waals surface area contributed by atoms with Crippen molar-refractivity contribution >= 4 is 17.7 Å². The van der Waals surface area contributed by atoms with Crippen molar-refractivity contribution in [1.29, 1.82) is 0 Å². The molecule has 0 aromatic heterocycles. The largest absolute Gasteiger partial charge is 0.486 e. The number of carbonyl (C=O) groups is 1. The minimum Gasteiger partial charge on any atom is -0.486 e. The molecule has 1 spiro atoms. The Balaban J connectivity index is 1.27. The van der Waals surface area contributed by atoms with Crippen molar-refractivity contribution in [2.24, 2.45) is 5.41 Å². The maximum absolute atomic E-state index is 12.6. The van der Waals surface area contributed by atoms with E-state index in [2.05, 4.69) is 4.90 Å². The lowest BCUT2D eigenvalue weighted by molar-refractivity contribution is -0.134. The molecule has 6 heteroatoms. The molecular weight excluding hydrogens is 338 g/mol. The topological polar surface area (TPSA) is 48.0 Å². The van der Waals surface area contributed by atoms with Crippen molar-refractivity contribution in [3.63, 3.8) is 0 Å². The van der Waals surface area contributed by atoms with Crippen LogP contribution in [0.4, 0.5) is 0 Å². The molecule has 136 valence electrons. The molecule has 2 saturated heterocycles. The van der Waals surface area contributed by atoms with Crippen molar-refractivity contribution in [2.75, 3.05) is 45.3 Å². The van der Waals surface area contributed by atoms with E-state index in [1.54, 1.807) is 11.8 Å². The van der Waals surface area contributed by atoms with Crippen LogP contribution in [0.5, 0.6) is 11.5 Å². The molecule has 25 heavy (non-hydrogen) atoms. The molecule has 1 atom stereocenters. The first kappa shape index (κ1) is 17.0. The second-order valence-corrected chi connectivity index (χ2v) is 8.29. The Morgan fingerprint density at radius 3 is 2.88 bits per heavy atom. The fraction of sp³-hybridized carbons (Fsp3) is 0.632. The number of ether oxygens (including phenoxy) is 3.